The lowest BCUT2D eigenvalue weighted by Gasteiger charge is -2.41. The molecular weight excluding hydrogens is 319 g/mol. The molecule has 1 unspecified atom stereocenters. The van der Waals surface area contributed by atoms with E-state index in [0.717, 1.165) is 32.7 Å². The Hall–Kier alpha value is -1.01. The molecule has 1 aromatic carbocycles. The summed E-state index contributed by atoms with van der Waals surface area (Å²) in [5, 5.41) is 9.90. The number of benzene rings is 1. The van der Waals surface area contributed by atoms with Crippen LogP contribution in [0.5, 0.6) is 0 Å². The molecule has 0 bridgehead atoms. The molecule has 5 heteroatoms. The van der Waals surface area contributed by atoms with Crippen LogP contribution < -0.4 is 0 Å². The molecule has 1 aromatic rings. The Morgan fingerprint density at radius 3 is 2.28 bits per heavy atom. The second-order valence-corrected chi connectivity index (χ2v) is 7.68. The summed E-state index contributed by atoms with van der Waals surface area (Å²) in [4.78, 5) is 4.87. The summed E-state index contributed by atoms with van der Waals surface area (Å²) in [5.74, 6) is -0.153. The molecule has 1 aliphatic heterocycles. The molecule has 2 fully saturated rings. The van der Waals surface area contributed by atoms with E-state index in [1.54, 1.807) is 19.2 Å². The molecule has 1 heterocycles. The molecule has 0 aromatic heterocycles. The van der Waals surface area contributed by atoms with E-state index >= 15 is 0 Å². The Morgan fingerprint density at radius 1 is 1.08 bits per heavy atom. The number of ether oxygens (including phenoxy) is 1. The minimum atomic E-state index is -0.406. The van der Waals surface area contributed by atoms with Crippen LogP contribution in [-0.2, 0) is 10.2 Å². The van der Waals surface area contributed by atoms with Gasteiger partial charge in [-0.15, -0.1) is 0 Å². The number of methoxy groups -OCH3 is 1. The van der Waals surface area contributed by atoms with Crippen molar-refractivity contribution in [1.29, 1.82) is 0 Å². The fourth-order valence-corrected chi connectivity index (χ4v) is 4.49. The second-order valence-electron chi connectivity index (χ2n) is 7.68. The lowest BCUT2D eigenvalue weighted by molar-refractivity contribution is 0.0212. The van der Waals surface area contributed by atoms with Crippen LogP contribution in [0.25, 0.3) is 0 Å². The first-order chi connectivity index (χ1) is 12.1. The van der Waals surface area contributed by atoms with E-state index in [4.69, 9.17) is 4.74 Å². The van der Waals surface area contributed by atoms with Crippen molar-refractivity contribution in [2.75, 3.05) is 53.0 Å². The van der Waals surface area contributed by atoms with Crippen molar-refractivity contribution in [1.82, 2.24) is 9.80 Å². The van der Waals surface area contributed by atoms with Crippen molar-refractivity contribution in [2.45, 2.75) is 37.2 Å². The molecule has 1 atom stereocenters. The van der Waals surface area contributed by atoms with Gasteiger partial charge in [0, 0.05) is 51.8 Å². The fraction of sp³-hybridized carbons (Fsp3) is 0.700. The number of rotatable bonds is 7. The molecule has 1 saturated heterocycles. The Kier molecular flexibility index (Phi) is 6.44. The third kappa shape index (κ3) is 4.79. The minimum absolute atomic E-state index is 0.153. The normalized spacial score (nSPS) is 23.0. The van der Waals surface area contributed by atoms with E-state index in [9.17, 15) is 9.50 Å². The molecule has 0 amide bonds. The predicted octanol–water partition coefficient (Wildman–Crippen LogP) is 2.26. The summed E-state index contributed by atoms with van der Waals surface area (Å²) in [6, 6.07) is 7.17. The molecule has 0 radical (unpaired) electrons. The van der Waals surface area contributed by atoms with Gasteiger partial charge in [0.15, 0.2) is 0 Å². The first-order valence-corrected chi connectivity index (χ1v) is 9.49. The maximum absolute atomic E-state index is 13.3. The van der Waals surface area contributed by atoms with Gasteiger partial charge in [-0.2, -0.15) is 0 Å². The first kappa shape index (κ1) is 18.8. The van der Waals surface area contributed by atoms with E-state index in [0.29, 0.717) is 13.2 Å². The summed E-state index contributed by atoms with van der Waals surface area (Å²) in [6.45, 7) is 6.18. The van der Waals surface area contributed by atoms with E-state index in [2.05, 4.69) is 9.80 Å². The van der Waals surface area contributed by atoms with E-state index < -0.39 is 6.10 Å². The van der Waals surface area contributed by atoms with Crippen molar-refractivity contribution < 1.29 is 14.2 Å². The second kappa shape index (κ2) is 8.58. The topological polar surface area (TPSA) is 35.9 Å². The lowest BCUT2D eigenvalue weighted by Crippen LogP contribution is -2.52. The number of aliphatic hydroxyl groups excluding tert-OH is 1. The minimum Gasteiger partial charge on any atom is -0.389 e. The van der Waals surface area contributed by atoms with E-state index in [1.165, 1.54) is 31.2 Å². The largest absolute Gasteiger partial charge is 0.389 e. The van der Waals surface area contributed by atoms with Gasteiger partial charge in [-0.05, 0) is 30.5 Å². The molecule has 1 saturated carbocycles. The summed E-state index contributed by atoms with van der Waals surface area (Å²) >= 11 is 0. The highest BCUT2D eigenvalue weighted by molar-refractivity contribution is 5.28. The van der Waals surface area contributed by atoms with Crippen LogP contribution in [0.15, 0.2) is 24.3 Å². The number of hydrogen-bond donors (Lipinski definition) is 1. The highest BCUT2D eigenvalue weighted by Gasteiger charge is 2.37. The number of piperazine rings is 1. The van der Waals surface area contributed by atoms with Crippen LogP contribution in [0.1, 0.15) is 31.2 Å². The first-order valence-electron chi connectivity index (χ1n) is 9.49. The molecule has 1 aliphatic carbocycles. The van der Waals surface area contributed by atoms with Crippen LogP contribution in [-0.4, -0.2) is 74.0 Å². The third-order valence-corrected chi connectivity index (χ3v) is 5.84. The highest BCUT2D eigenvalue weighted by atomic mass is 19.1. The number of aliphatic hydroxyl groups is 1. The van der Waals surface area contributed by atoms with Gasteiger partial charge in [-0.1, -0.05) is 25.0 Å². The van der Waals surface area contributed by atoms with Gasteiger partial charge < -0.3 is 9.84 Å². The lowest BCUT2D eigenvalue weighted by atomic mass is 9.78. The van der Waals surface area contributed by atoms with E-state index in [1.807, 2.05) is 12.1 Å². The zero-order valence-corrected chi connectivity index (χ0v) is 15.3. The van der Waals surface area contributed by atoms with Crippen molar-refractivity contribution >= 4 is 0 Å². The standard InChI is InChI=1S/C20H31FN2O2/c1-25-15-19(24)14-22-10-12-23(13-11-22)16-20(8-2-3-9-20)17-4-6-18(21)7-5-17/h4-7,19,24H,2-3,8-16H2,1H3. The molecule has 3 rings (SSSR count). The third-order valence-electron chi connectivity index (χ3n) is 5.84. The molecule has 0 spiro atoms. The van der Waals surface area contributed by atoms with Crippen molar-refractivity contribution in [3.63, 3.8) is 0 Å². The number of β-amino-alcohol motifs (C(OH)–C–C–N with tert-alkyl or cyclic N) is 1. The average molecular weight is 350 g/mol. The number of hydrogen-bond acceptors (Lipinski definition) is 4. The smallest absolute Gasteiger partial charge is 0.123 e. The van der Waals surface area contributed by atoms with Crippen LogP contribution in [0, 0.1) is 5.82 Å². The van der Waals surface area contributed by atoms with Gasteiger partial charge in [-0.3, -0.25) is 9.80 Å². The zero-order valence-electron chi connectivity index (χ0n) is 15.3. The summed E-state index contributed by atoms with van der Waals surface area (Å²) in [6.07, 6.45) is 4.52. The van der Waals surface area contributed by atoms with Gasteiger partial charge in [0.2, 0.25) is 0 Å². The monoisotopic (exact) mass is 350 g/mol. The summed E-state index contributed by atoms with van der Waals surface area (Å²) < 4.78 is 18.3. The summed E-state index contributed by atoms with van der Waals surface area (Å²) in [7, 11) is 1.62. The van der Waals surface area contributed by atoms with Crippen molar-refractivity contribution in [3.05, 3.63) is 35.6 Å². The van der Waals surface area contributed by atoms with Crippen molar-refractivity contribution in [3.8, 4) is 0 Å². The van der Waals surface area contributed by atoms with Gasteiger partial charge in [0.1, 0.15) is 5.82 Å². The van der Waals surface area contributed by atoms with Crippen LogP contribution in [0.3, 0.4) is 0 Å². The van der Waals surface area contributed by atoms with Crippen LogP contribution >= 0.6 is 0 Å². The Balaban J connectivity index is 1.57. The SMILES string of the molecule is COCC(O)CN1CCN(CC2(c3ccc(F)cc3)CCCC2)CC1. The van der Waals surface area contributed by atoms with Gasteiger partial charge in [0.05, 0.1) is 12.7 Å². The van der Waals surface area contributed by atoms with Gasteiger partial charge in [-0.25, -0.2) is 4.39 Å². The molecule has 140 valence electrons. The van der Waals surface area contributed by atoms with Crippen LogP contribution in [0.2, 0.25) is 0 Å². The van der Waals surface area contributed by atoms with Crippen LogP contribution in [0.4, 0.5) is 4.39 Å². The molecule has 4 nitrogen and oxygen atoms in total. The fourth-order valence-electron chi connectivity index (χ4n) is 4.49. The number of halogens is 1. The maximum atomic E-state index is 13.3. The maximum Gasteiger partial charge on any atom is 0.123 e. The molecular formula is C20H31FN2O2. The van der Waals surface area contributed by atoms with Gasteiger partial charge >= 0.3 is 0 Å². The highest BCUT2D eigenvalue weighted by Crippen LogP contribution is 2.42. The quantitative estimate of drug-likeness (QED) is 0.818. The Morgan fingerprint density at radius 2 is 1.68 bits per heavy atom. The molecule has 25 heavy (non-hydrogen) atoms. The predicted molar refractivity (Wildman–Crippen MR) is 97.3 cm³/mol. The average Bonchev–Trinajstić information content (AvgIpc) is 3.07. The Bertz CT molecular complexity index is 523. The van der Waals surface area contributed by atoms with E-state index in [-0.39, 0.29) is 11.2 Å². The Labute approximate surface area is 150 Å². The molecule has 1 N–H and O–H groups in total. The molecule has 2 aliphatic rings. The van der Waals surface area contributed by atoms with Gasteiger partial charge in [0.25, 0.3) is 0 Å². The summed E-state index contributed by atoms with van der Waals surface area (Å²) in [5.41, 5.74) is 1.48. The van der Waals surface area contributed by atoms with Crippen molar-refractivity contribution in [2.24, 2.45) is 0 Å². The number of nitrogens with zero attached hydrogens (tertiary/aromatic N) is 2. The zero-order chi connectivity index (χ0) is 17.7.